The van der Waals surface area contributed by atoms with E-state index >= 15 is 0 Å². The van der Waals surface area contributed by atoms with Gasteiger partial charge in [0.15, 0.2) is 0 Å². The Morgan fingerprint density at radius 3 is 1.90 bits per heavy atom. The second-order valence-corrected chi connectivity index (χ2v) is 9.55. The molecular formula is C23H46N3O15P. The van der Waals surface area contributed by atoms with Gasteiger partial charge in [0.1, 0.15) is 26.0 Å². The van der Waals surface area contributed by atoms with Crippen molar-refractivity contribution in [3.63, 3.8) is 0 Å². The lowest BCUT2D eigenvalue weighted by Crippen LogP contribution is -2.35. The standard InChI is InChI=1S/C23H46N3O15P/c1-32-11-13-35-10-7-25-22(28)39-17-20(18-40-23(29)26-19-37-14-12-33-2)38-8-4-5-21(27)24-6-9-36-15-16-41-42(30,31)34-3/h20H,4-19H2,1-3H3,(H,24,27)(H,25,28)(H,26,29)(H,30,31). The zero-order valence-electron chi connectivity index (χ0n) is 24.5. The first kappa shape index (κ1) is 39.9. The number of carbonyl (C=O) groups is 3. The van der Waals surface area contributed by atoms with Crippen molar-refractivity contribution in [2.75, 3.05) is 114 Å². The molecule has 0 bridgehead atoms. The predicted molar refractivity (Wildman–Crippen MR) is 145 cm³/mol. The molecule has 0 aliphatic rings. The van der Waals surface area contributed by atoms with E-state index in [0.29, 0.717) is 32.8 Å². The average molecular weight is 636 g/mol. The van der Waals surface area contributed by atoms with E-state index in [0.717, 1.165) is 7.11 Å². The topological polar surface area (TPSA) is 217 Å². The Bertz CT molecular complexity index is 750. The second-order valence-electron chi connectivity index (χ2n) is 7.99. The van der Waals surface area contributed by atoms with E-state index in [2.05, 4.69) is 25.0 Å². The van der Waals surface area contributed by atoms with Crippen LogP contribution in [0.5, 0.6) is 0 Å². The molecule has 0 aliphatic carbocycles. The number of nitrogens with one attached hydrogen (secondary N) is 3. The van der Waals surface area contributed by atoms with Gasteiger partial charge in [-0.3, -0.25) is 19.2 Å². The Labute approximate surface area is 245 Å². The molecule has 42 heavy (non-hydrogen) atoms. The van der Waals surface area contributed by atoms with Crippen LogP contribution in [0.25, 0.3) is 0 Å². The minimum Gasteiger partial charge on any atom is -0.447 e. The first-order valence-electron chi connectivity index (χ1n) is 13.2. The number of rotatable bonds is 28. The molecule has 2 atom stereocenters. The van der Waals surface area contributed by atoms with Crippen molar-refractivity contribution in [1.29, 1.82) is 0 Å². The molecular weight excluding hydrogens is 589 g/mol. The van der Waals surface area contributed by atoms with Gasteiger partial charge in [0.05, 0.1) is 52.9 Å². The van der Waals surface area contributed by atoms with Crippen LogP contribution in [0.15, 0.2) is 0 Å². The molecule has 18 nitrogen and oxygen atoms in total. The molecule has 0 aromatic heterocycles. The van der Waals surface area contributed by atoms with Gasteiger partial charge in [0, 0.05) is 47.4 Å². The van der Waals surface area contributed by atoms with Crippen LogP contribution in [0, 0.1) is 0 Å². The van der Waals surface area contributed by atoms with Crippen molar-refractivity contribution in [2.45, 2.75) is 18.9 Å². The number of carbonyl (C=O) groups excluding carboxylic acids is 3. The summed E-state index contributed by atoms with van der Waals surface area (Å²) in [6.07, 6.45) is -1.77. The third-order valence-corrected chi connectivity index (χ3v) is 5.65. The van der Waals surface area contributed by atoms with Crippen molar-refractivity contribution in [3.05, 3.63) is 0 Å². The molecule has 0 aliphatic heterocycles. The maximum absolute atomic E-state index is 12.0. The van der Waals surface area contributed by atoms with Crippen LogP contribution < -0.4 is 16.0 Å². The highest BCUT2D eigenvalue weighted by molar-refractivity contribution is 7.47. The van der Waals surface area contributed by atoms with Gasteiger partial charge in [0.25, 0.3) is 0 Å². The molecule has 0 aromatic carbocycles. The summed E-state index contributed by atoms with van der Waals surface area (Å²) in [7, 11) is 0.0921. The van der Waals surface area contributed by atoms with E-state index in [1.807, 2.05) is 0 Å². The van der Waals surface area contributed by atoms with Gasteiger partial charge in [-0.15, -0.1) is 0 Å². The van der Waals surface area contributed by atoms with E-state index in [-0.39, 0.29) is 78.4 Å². The number of ether oxygens (including phenoxy) is 8. The van der Waals surface area contributed by atoms with Gasteiger partial charge < -0.3 is 53.4 Å². The van der Waals surface area contributed by atoms with Crippen LogP contribution in [0.2, 0.25) is 0 Å². The number of hydrogen-bond acceptors (Lipinski definition) is 14. The lowest BCUT2D eigenvalue weighted by atomic mass is 10.3. The van der Waals surface area contributed by atoms with Crippen molar-refractivity contribution in [2.24, 2.45) is 0 Å². The quantitative estimate of drug-likeness (QED) is 0.0497. The van der Waals surface area contributed by atoms with Crippen LogP contribution in [0.3, 0.4) is 0 Å². The molecule has 0 radical (unpaired) electrons. The number of methoxy groups -OCH3 is 2. The van der Waals surface area contributed by atoms with Gasteiger partial charge in [-0.25, -0.2) is 14.2 Å². The third-order valence-electron chi connectivity index (χ3n) is 4.68. The van der Waals surface area contributed by atoms with E-state index < -0.39 is 26.1 Å². The Morgan fingerprint density at radius 2 is 1.29 bits per heavy atom. The molecule has 3 amide bonds. The molecule has 0 heterocycles. The maximum atomic E-state index is 12.0. The number of phosphoric ester groups is 1. The summed E-state index contributed by atoms with van der Waals surface area (Å²) in [4.78, 5) is 44.9. The normalized spacial score (nSPS) is 13.1. The first-order valence-corrected chi connectivity index (χ1v) is 14.7. The molecule has 0 saturated heterocycles. The summed E-state index contributed by atoms with van der Waals surface area (Å²) < 4.78 is 61.2. The van der Waals surface area contributed by atoms with Crippen molar-refractivity contribution in [1.82, 2.24) is 16.0 Å². The predicted octanol–water partition coefficient (Wildman–Crippen LogP) is -0.216. The van der Waals surface area contributed by atoms with Gasteiger partial charge in [0.2, 0.25) is 5.91 Å². The van der Waals surface area contributed by atoms with Crippen molar-refractivity contribution >= 4 is 25.9 Å². The lowest BCUT2D eigenvalue weighted by molar-refractivity contribution is -0.121. The first-order chi connectivity index (χ1) is 20.2. The number of amides is 3. The highest BCUT2D eigenvalue weighted by Crippen LogP contribution is 2.41. The Morgan fingerprint density at radius 1 is 0.714 bits per heavy atom. The monoisotopic (exact) mass is 635 g/mol. The summed E-state index contributed by atoms with van der Waals surface area (Å²) in [5, 5.41) is 7.58. The Balaban J connectivity index is 4.29. The molecule has 0 fully saturated rings. The summed E-state index contributed by atoms with van der Waals surface area (Å²) in [5.41, 5.74) is 0. The number of alkyl carbamates (subject to hydrolysis) is 2. The van der Waals surface area contributed by atoms with Crippen molar-refractivity contribution in [3.8, 4) is 0 Å². The largest absolute Gasteiger partial charge is 0.471 e. The van der Waals surface area contributed by atoms with Gasteiger partial charge >= 0.3 is 20.0 Å². The Hall–Kier alpha value is -2.12. The van der Waals surface area contributed by atoms with E-state index in [4.69, 9.17) is 42.8 Å². The molecule has 248 valence electrons. The number of phosphoric acid groups is 1. The number of hydrogen-bond donors (Lipinski definition) is 4. The molecule has 0 spiro atoms. The zero-order chi connectivity index (χ0) is 31.3. The van der Waals surface area contributed by atoms with Crippen LogP contribution in [0.1, 0.15) is 12.8 Å². The smallest absolute Gasteiger partial charge is 0.447 e. The molecule has 0 rings (SSSR count). The fourth-order valence-corrected chi connectivity index (χ4v) is 2.99. The molecule has 4 N–H and O–H groups in total. The summed E-state index contributed by atoms with van der Waals surface area (Å²) in [6, 6.07) is 0. The molecule has 0 aromatic rings. The van der Waals surface area contributed by atoms with Crippen LogP contribution in [-0.4, -0.2) is 143 Å². The zero-order valence-corrected chi connectivity index (χ0v) is 25.4. The highest BCUT2D eigenvalue weighted by atomic mass is 31.2. The molecule has 0 saturated carbocycles. The van der Waals surface area contributed by atoms with Crippen LogP contribution >= 0.6 is 7.82 Å². The average Bonchev–Trinajstić information content (AvgIpc) is 2.97. The van der Waals surface area contributed by atoms with Gasteiger partial charge in [-0.1, -0.05) is 0 Å². The van der Waals surface area contributed by atoms with E-state index in [9.17, 15) is 18.9 Å². The SMILES string of the molecule is COCCOCCNC(=O)OCC(COC(=O)NCOCCOC)OCCCC(=O)NCCOCCOP(=O)(O)OC. The summed E-state index contributed by atoms with van der Waals surface area (Å²) in [6.45, 7) is 1.91. The lowest BCUT2D eigenvalue weighted by Gasteiger charge is -2.18. The van der Waals surface area contributed by atoms with E-state index in [1.165, 1.54) is 7.11 Å². The van der Waals surface area contributed by atoms with Gasteiger partial charge in [-0.05, 0) is 6.42 Å². The minimum atomic E-state index is -4.04. The maximum Gasteiger partial charge on any atom is 0.471 e. The molecule has 2 unspecified atom stereocenters. The van der Waals surface area contributed by atoms with Gasteiger partial charge in [-0.2, -0.15) is 0 Å². The fourth-order valence-electron chi connectivity index (χ4n) is 2.58. The van der Waals surface area contributed by atoms with Crippen molar-refractivity contribution < 1.29 is 70.8 Å². The Kier molecular flexibility index (Phi) is 26.3. The summed E-state index contributed by atoms with van der Waals surface area (Å²) >= 11 is 0. The van der Waals surface area contributed by atoms with Crippen LogP contribution in [-0.2, 0) is 56.3 Å². The van der Waals surface area contributed by atoms with Crippen LogP contribution in [0.4, 0.5) is 9.59 Å². The third kappa shape index (κ3) is 26.8. The minimum absolute atomic E-state index is 0.0439. The molecule has 19 heteroatoms. The fraction of sp³-hybridized carbons (Fsp3) is 0.870. The summed E-state index contributed by atoms with van der Waals surface area (Å²) in [5.74, 6) is -0.248. The second kappa shape index (κ2) is 27.7. The highest BCUT2D eigenvalue weighted by Gasteiger charge is 2.18. The van der Waals surface area contributed by atoms with E-state index in [1.54, 1.807) is 7.11 Å².